The maximum absolute atomic E-state index is 11.9. The molecule has 17 heavy (non-hydrogen) atoms. The molecule has 2 atom stereocenters. The Labute approximate surface area is 104 Å². The molecule has 0 aromatic heterocycles. The van der Waals surface area contributed by atoms with Gasteiger partial charge in [-0.15, -0.1) is 0 Å². The molecule has 0 radical (unpaired) electrons. The number of nitrogens with zero attached hydrogens (tertiary/aromatic N) is 1. The van der Waals surface area contributed by atoms with Gasteiger partial charge in [-0.1, -0.05) is 6.92 Å². The quantitative estimate of drug-likeness (QED) is 0.754. The summed E-state index contributed by atoms with van der Waals surface area (Å²) in [6, 6.07) is 0.627. The lowest BCUT2D eigenvalue weighted by Crippen LogP contribution is -2.47. The van der Waals surface area contributed by atoms with Gasteiger partial charge in [0.2, 0.25) is 5.91 Å². The summed E-state index contributed by atoms with van der Waals surface area (Å²) in [4.78, 5) is 14.2. The molecule has 2 heterocycles. The third-order valence-electron chi connectivity index (χ3n) is 4.17. The standard InChI is InChI=1S/C13H25N3O/c1-4-13(2,3)15-12(17)9-16-7-10-5-6-14-11(10)8-16/h10-11,14H,4-9H2,1-3H3,(H,15,17)/t10-,11+/m0/s1. The number of likely N-dealkylation sites (tertiary alicyclic amines) is 1. The van der Waals surface area contributed by atoms with Crippen LogP contribution in [-0.2, 0) is 4.79 Å². The van der Waals surface area contributed by atoms with Crippen LogP contribution in [0.15, 0.2) is 0 Å². The van der Waals surface area contributed by atoms with E-state index >= 15 is 0 Å². The molecule has 2 aliphatic heterocycles. The number of amides is 1. The fourth-order valence-corrected chi connectivity index (χ4v) is 2.78. The summed E-state index contributed by atoms with van der Waals surface area (Å²) in [6.07, 6.45) is 2.23. The van der Waals surface area contributed by atoms with Crippen LogP contribution in [-0.4, -0.2) is 48.6 Å². The Bertz CT molecular complexity index is 278. The molecule has 98 valence electrons. The fourth-order valence-electron chi connectivity index (χ4n) is 2.78. The summed E-state index contributed by atoms with van der Waals surface area (Å²) in [5.74, 6) is 0.929. The highest BCUT2D eigenvalue weighted by molar-refractivity contribution is 5.78. The molecule has 0 spiro atoms. The van der Waals surface area contributed by atoms with E-state index in [1.54, 1.807) is 0 Å². The van der Waals surface area contributed by atoms with Crippen molar-refractivity contribution in [2.24, 2.45) is 5.92 Å². The van der Waals surface area contributed by atoms with E-state index < -0.39 is 0 Å². The zero-order chi connectivity index (χ0) is 12.5. The Morgan fingerprint density at radius 1 is 1.47 bits per heavy atom. The van der Waals surface area contributed by atoms with Gasteiger partial charge in [0.05, 0.1) is 6.54 Å². The van der Waals surface area contributed by atoms with E-state index in [9.17, 15) is 4.79 Å². The smallest absolute Gasteiger partial charge is 0.234 e. The van der Waals surface area contributed by atoms with Crippen LogP contribution in [0.25, 0.3) is 0 Å². The van der Waals surface area contributed by atoms with Crippen LogP contribution in [0.4, 0.5) is 0 Å². The second-order valence-corrected chi connectivity index (χ2v) is 6.09. The van der Waals surface area contributed by atoms with Crippen molar-refractivity contribution in [2.45, 2.75) is 45.2 Å². The van der Waals surface area contributed by atoms with Crippen LogP contribution in [0.5, 0.6) is 0 Å². The summed E-state index contributed by atoms with van der Waals surface area (Å²) < 4.78 is 0. The largest absolute Gasteiger partial charge is 0.350 e. The number of hydrogen-bond donors (Lipinski definition) is 2. The summed E-state index contributed by atoms with van der Waals surface area (Å²) in [7, 11) is 0. The van der Waals surface area contributed by atoms with Crippen molar-refractivity contribution < 1.29 is 4.79 Å². The van der Waals surface area contributed by atoms with E-state index in [2.05, 4.69) is 36.3 Å². The highest BCUT2D eigenvalue weighted by atomic mass is 16.2. The second kappa shape index (κ2) is 4.94. The number of rotatable bonds is 4. The third-order valence-corrected chi connectivity index (χ3v) is 4.17. The Kier molecular flexibility index (Phi) is 3.73. The Morgan fingerprint density at radius 3 is 2.88 bits per heavy atom. The highest BCUT2D eigenvalue weighted by Crippen LogP contribution is 2.24. The first kappa shape index (κ1) is 12.8. The van der Waals surface area contributed by atoms with Crippen molar-refractivity contribution in [1.29, 1.82) is 0 Å². The van der Waals surface area contributed by atoms with Crippen LogP contribution in [0.2, 0.25) is 0 Å². The van der Waals surface area contributed by atoms with Crippen LogP contribution in [0.1, 0.15) is 33.6 Å². The molecule has 2 rings (SSSR count). The third kappa shape index (κ3) is 3.19. The highest BCUT2D eigenvalue weighted by Gasteiger charge is 2.36. The number of nitrogens with one attached hydrogen (secondary N) is 2. The topological polar surface area (TPSA) is 44.4 Å². The van der Waals surface area contributed by atoms with Gasteiger partial charge in [0.25, 0.3) is 0 Å². The lowest BCUT2D eigenvalue weighted by molar-refractivity contribution is -0.123. The first-order valence-corrected chi connectivity index (χ1v) is 6.77. The van der Waals surface area contributed by atoms with Gasteiger partial charge in [-0.2, -0.15) is 0 Å². The van der Waals surface area contributed by atoms with Gasteiger partial charge >= 0.3 is 0 Å². The van der Waals surface area contributed by atoms with E-state index in [0.717, 1.165) is 32.0 Å². The molecule has 0 unspecified atom stereocenters. The Morgan fingerprint density at radius 2 is 2.24 bits per heavy atom. The minimum atomic E-state index is -0.0784. The molecule has 4 heteroatoms. The zero-order valence-electron chi connectivity index (χ0n) is 11.3. The van der Waals surface area contributed by atoms with Crippen molar-refractivity contribution in [3.63, 3.8) is 0 Å². The van der Waals surface area contributed by atoms with Crippen molar-refractivity contribution in [1.82, 2.24) is 15.5 Å². The monoisotopic (exact) mass is 239 g/mol. The van der Waals surface area contributed by atoms with Gasteiger partial charge < -0.3 is 10.6 Å². The Balaban J connectivity index is 1.77. The molecule has 1 amide bonds. The summed E-state index contributed by atoms with van der Waals surface area (Å²) >= 11 is 0. The van der Waals surface area contributed by atoms with Crippen molar-refractivity contribution >= 4 is 5.91 Å². The van der Waals surface area contributed by atoms with Gasteiger partial charge in [-0.05, 0) is 39.2 Å². The molecule has 2 fully saturated rings. The van der Waals surface area contributed by atoms with E-state index in [-0.39, 0.29) is 11.4 Å². The van der Waals surface area contributed by atoms with Gasteiger partial charge in [0, 0.05) is 24.7 Å². The molecular weight excluding hydrogens is 214 g/mol. The molecule has 0 bridgehead atoms. The first-order chi connectivity index (χ1) is 8.00. The summed E-state index contributed by atoms with van der Waals surface area (Å²) in [5, 5.41) is 6.61. The molecule has 0 aromatic rings. The molecule has 2 N–H and O–H groups in total. The molecule has 0 aromatic carbocycles. The number of fused-ring (bicyclic) bond motifs is 1. The van der Waals surface area contributed by atoms with Crippen LogP contribution in [0.3, 0.4) is 0 Å². The Hall–Kier alpha value is -0.610. The van der Waals surface area contributed by atoms with E-state index in [1.807, 2.05) is 0 Å². The van der Waals surface area contributed by atoms with Crippen LogP contribution >= 0.6 is 0 Å². The molecule has 0 saturated carbocycles. The minimum Gasteiger partial charge on any atom is -0.350 e. The number of carbonyl (C=O) groups is 1. The molecule has 4 nitrogen and oxygen atoms in total. The van der Waals surface area contributed by atoms with Crippen LogP contribution < -0.4 is 10.6 Å². The normalized spacial score (nSPS) is 29.4. The number of hydrogen-bond acceptors (Lipinski definition) is 3. The molecule has 0 aliphatic carbocycles. The van der Waals surface area contributed by atoms with Gasteiger partial charge in [0.15, 0.2) is 0 Å². The predicted molar refractivity (Wildman–Crippen MR) is 68.9 cm³/mol. The second-order valence-electron chi connectivity index (χ2n) is 6.09. The maximum atomic E-state index is 11.9. The van der Waals surface area contributed by atoms with Crippen LogP contribution in [0, 0.1) is 5.92 Å². The SMILES string of the molecule is CCC(C)(C)NC(=O)CN1C[C@@H]2CCN[C@@H]2C1. The molecular formula is C13H25N3O. The van der Waals surface area contributed by atoms with Crippen molar-refractivity contribution in [2.75, 3.05) is 26.2 Å². The summed E-state index contributed by atoms with van der Waals surface area (Å²) in [6.45, 7) is 10.1. The van der Waals surface area contributed by atoms with Gasteiger partial charge in [0.1, 0.15) is 0 Å². The average Bonchev–Trinajstić information content (AvgIpc) is 2.76. The predicted octanol–water partition coefficient (Wildman–Crippen LogP) is 0.585. The van der Waals surface area contributed by atoms with Gasteiger partial charge in [-0.3, -0.25) is 9.69 Å². The van der Waals surface area contributed by atoms with E-state index in [1.165, 1.54) is 6.42 Å². The molecule has 2 saturated heterocycles. The lowest BCUT2D eigenvalue weighted by Gasteiger charge is -2.26. The minimum absolute atomic E-state index is 0.0784. The summed E-state index contributed by atoms with van der Waals surface area (Å²) in [5.41, 5.74) is -0.0784. The fraction of sp³-hybridized carbons (Fsp3) is 0.923. The maximum Gasteiger partial charge on any atom is 0.234 e. The lowest BCUT2D eigenvalue weighted by atomic mass is 10.0. The molecule has 2 aliphatic rings. The number of carbonyl (C=O) groups excluding carboxylic acids is 1. The van der Waals surface area contributed by atoms with Crippen molar-refractivity contribution in [3.8, 4) is 0 Å². The van der Waals surface area contributed by atoms with Gasteiger partial charge in [-0.25, -0.2) is 0 Å². The van der Waals surface area contributed by atoms with E-state index in [0.29, 0.717) is 12.6 Å². The average molecular weight is 239 g/mol. The van der Waals surface area contributed by atoms with E-state index in [4.69, 9.17) is 0 Å². The zero-order valence-corrected chi connectivity index (χ0v) is 11.3. The van der Waals surface area contributed by atoms with Crippen molar-refractivity contribution in [3.05, 3.63) is 0 Å². The first-order valence-electron chi connectivity index (χ1n) is 6.77.